The first-order chi connectivity index (χ1) is 15.0. The summed E-state index contributed by atoms with van der Waals surface area (Å²) in [6, 6.07) is 0. The molecule has 0 heteroatoms. The van der Waals surface area contributed by atoms with E-state index in [0.717, 1.165) is 82.9 Å². The van der Waals surface area contributed by atoms with Crippen molar-refractivity contribution in [3.63, 3.8) is 0 Å². The molecule has 9 unspecified atom stereocenters. The molecule has 0 heterocycles. The van der Waals surface area contributed by atoms with Crippen LogP contribution in [0.5, 0.6) is 0 Å². The molecule has 0 amide bonds. The smallest absolute Gasteiger partial charge is 0.0352 e. The third-order valence-corrected chi connectivity index (χ3v) is 10.3. The maximum atomic E-state index is 2.61. The van der Waals surface area contributed by atoms with Crippen molar-refractivity contribution >= 4 is 0 Å². The Balaban J connectivity index is 6.29. The van der Waals surface area contributed by atoms with Gasteiger partial charge in [0, 0.05) is 0 Å². The third kappa shape index (κ3) is 10.7. The quantitative estimate of drug-likeness (QED) is 0.213. The lowest BCUT2D eigenvalue weighted by molar-refractivity contribution is 0.0380. The van der Waals surface area contributed by atoms with Crippen LogP contribution in [0.25, 0.3) is 0 Å². The van der Waals surface area contributed by atoms with E-state index in [1.54, 1.807) is 0 Å². The number of rotatable bonds is 16. The first kappa shape index (κ1) is 33.0. The molecule has 0 aliphatic carbocycles. The van der Waals surface area contributed by atoms with Gasteiger partial charge in [0.2, 0.25) is 0 Å². The fourth-order valence-corrected chi connectivity index (χ4v) is 6.82. The third-order valence-electron chi connectivity index (χ3n) is 10.3. The summed E-state index contributed by atoms with van der Waals surface area (Å²) in [5.74, 6) is 11.1. The van der Waals surface area contributed by atoms with Crippen molar-refractivity contribution < 1.29 is 0 Å². The molecular weight excluding hydrogens is 396 g/mol. The van der Waals surface area contributed by atoms with Gasteiger partial charge in [-0.1, -0.05) is 111 Å². The largest absolute Gasteiger partial charge is 0.0628 e. The van der Waals surface area contributed by atoms with E-state index in [0.29, 0.717) is 0 Å². The van der Waals surface area contributed by atoms with E-state index < -0.39 is 0 Å². The number of hydrogen-bond acceptors (Lipinski definition) is 0. The zero-order chi connectivity index (χ0) is 26.2. The molecule has 0 nitrogen and oxygen atoms in total. The minimum absolute atomic E-state index is 0.755. The highest BCUT2D eigenvalue weighted by Gasteiger charge is 2.39. The molecule has 0 radical (unpaired) electrons. The van der Waals surface area contributed by atoms with Crippen molar-refractivity contribution in [2.45, 2.75) is 130 Å². The highest BCUT2D eigenvalue weighted by Crippen LogP contribution is 2.46. The van der Waals surface area contributed by atoms with E-state index in [-0.39, 0.29) is 0 Å². The Morgan fingerprint density at radius 1 is 0.303 bits per heavy atom. The van der Waals surface area contributed by atoms with Gasteiger partial charge in [0.25, 0.3) is 0 Å². The van der Waals surface area contributed by atoms with E-state index in [1.807, 2.05) is 0 Å². The lowest BCUT2D eigenvalue weighted by atomic mass is 9.60. The van der Waals surface area contributed by atoms with Crippen molar-refractivity contribution in [3.8, 4) is 0 Å². The van der Waals surface area contributed by atoms with E-state index in [4.69, 9.17) is 0 Å². The Kier molecular flexibility index (Phi) is 15.2. The molecule has 0 aromatic heterocycles. The molecule has 0 aromatic rings. The second kappa shape index (κ2) is 15.2. The van der Waals surface area contributed by atoms with Gasteiger partial charge in [-0.3, -0.25) is 0 Å². The van der Waals surface area contributed by atoms with Crippen LogP contribution >= 0.6 is 0 Å². The summed E-state index contributed by atoms with van der Waals surface area (Å²) in [6.45, 7) is 39.9. The zero-order valence-electron chi connectivity index (χ0n) is 26.2. The summed E-state index contributed by atoms with van der Waals surface area (Å²) in [7, 11) is 0. The lowest BCUT2D eigenvalue weighted by Crippen LogP contribution is -2.38. The second-order valence-corrected chi connectivity index (χ2v) is 14.5. The Labute approximate surface area is 212 Å². The zero-order valence-corrected chi connectivity index (χ0v) is 26.2. The summed E-state index contributed by atoms with van der Waals surface area (Å²) < 4.78 is 0. The van der Waals surface area contributed by atoms with Crippen molar-refractivity contribution in [1.82, 2.24) is 0 Å². The second-order valence-electron chi connectivity index (χ2n) is 14.5. The van der Waals surface area contributed by atoms with Crippen LogP contribution < -0.4 is 0 Å². The van der Waals surface area contributed by atoms with Crippen molar-refractivity contribution in [2.75, 3.05) is 0 Å². The lowest BCUT2D eigenvalue weighted by Gasteiger charge is -2.45. The van der Waals surface area contributed by atoms with Crippen LogP contribution in [-0.4, -0.2) is 0 Å². The molecule has 0 saturated carbocycles. The van der Waals surface area contributed by atoms with Gasteiger partial charge in [-0.2, -0.15) is 0 Å². The average Bonchev–Trinajstić information content (AvgIpc) is 2.69. The minimum atomic E-state index is 0.755. The fraction of sp³-hybridized carbons (Fsp3) is 1.00. The Hall–Kier alpha value is 0. The monoisotopic (exact) mass is 465 g/mol. The van der Waals surface area contributed by atoms with Crippen LogP contribution in [0.1, 0.15) is 130 Å². The molecule has 200 valence electrons. The summed E-state index contributed by atoms with van der Waals surface area (Å²) in [6.07, 6.45) is 4.21. The molecule has 0 aliphatic rings. The topological polar surface area (TPSA) is 0 Å². The summed E-state index contributed by atoms with van der Waals surface area (Å²) in [4.78, 5) is 0. The SMILES string of the molecule is CC(C)CC(C)CC(C(C)C(C)C(C)C)C(CC(C(C)C)C(C)C(C)C(C)C)C(C)C(C)C. The van der Waals surface area contributed by atoms with E-state index in [9.17, 15) is 0 Å². The highest BCUT2D eigenvalue weighted by atomic mass is 14.4. The van der Waals surface area contributed by atoms with E-state index in [1.165, 1.54) is 19.3 Å². The van der Waals surface area contributed by atoms with Crippen molar-refractivity contribution in [1.29, 1.82) is 0 Å². The Morgan fingerprint density at radius 2 is 0.667 bits per heavy atom. The normalized spacial score (nSPS) is 21.4. The van der Waals surface area contributed by atoms with Gasteiger partial charge in [0.15, 0.2) is 0 Å². The highest BCUT2D eigenvalue weighted by molar-refractivity contribution is 4.88. The molecule has 0 rings (SSSR count). The van der Waals surface area contributed by atoms with Crippen LogP contribution in [0.4, 0.5) is 0 Å². The molecule has 0 aromatic carbocycles. The first-order valence-electron chi connectivity index (χ1n) is 15.0. The Bertz CT molecular complexity index is 484. The van der Waals surface area contributed by atoms with Crippen molar-refractivity contribution in [2.24, 2.45) is 82.9 Å². The molecule has 0 N–H and O–H groups in total. The molecule has 9 atom stereocenters. The van der Waals surface area contributed by atoms with Crippen LogP contribution in [-0.2, 0) is 0 Å². The standard InChI is InChI=1S/C33H68/c1-20(2)17-25(11)18-32(30(16)27(13)22(5)6)33(28(14)23(7)8)19-31(24(9)10)29(15)26(12)21(3)4/h20-33H,17-19H2,1-16H3. The first-order valence-corrected chi connectivity index (χ1v) is 15.0. The molecule has 0 bridgehead atoms. The minimum Gasteiger partial charge on any atom is -0.0628 e. The summed E-state index contributed by atoms with van der Waals surface area (Å²) in [5, 5.41) is 0. The molecule has 0 saturated heterocycles. The van der Waals surface area contributed by atoms with Gasteiger partial charge in [-0.05, 0) is 102 Å². The van der Waals surface area contributed by atoms with Crippen molar-refractivity contribution in [3.05, 3.63) is 0 Å². The summed E-state index contributed by atoms with van der Waals surface area (Å²) in [5.41, 5.74) is 0. The van der Waals surface area contributed by atoms with Gasteiger partial charge < -0.3 is 0 Å². The predicted octanol–water partition coefficient (Wildman–Crippen LogP) is 11.1. The molecule has 0 aliphatic heterocycles. The molecule has 33 heavy (non-hydrogen) atoms. The van der Waals surface area contributed by atoms with Gasteiger partial charge in [-0.25, -0.2) is 0 Å². The Morgan fingerprint density at radius 3 is 1.00 bits per heavy atom. The summed E-state index contributed by atoms with van der Waals surface area (Å²) >= 11 is 0. The van der Waals surface area contributed by atoms with E-state index >= 15 is 0 Å². The average molecular weight is 465 g/mol. The van der Waals surface area contributed by atoms with Gasteiger partial charge in [-0.15, -0.1) is 0 Å². The maximum absolute atomic E-state index is 2.61. The fourth-order valence-electron chi connectivity index (χ4n) is 6.82. The molecule has 0 fully saturated rings. The predicted molar refractivity (Wildman–Crippen MR) is 153 cm³/mol. The van der Waals surface area contributed by atoms with Crippen LogP contribution in [0.15, 0.2) is 0 Å². The maximum Gasteiger partial charge on any atom is -0.0352 e. The van der Waals surface area contributed by atoms with Gasteiger partial charge >= 0.3 is 0 Å². The molecule has 0 spiro atoms. The number of hydrogen-bond donors (Lipinski definition) is 0. The van der Waals surface area contributed by atoms with Gasteiger partial charge in [0.05, 0.1) is 0 Å². The van der Waals surface area contributed by atoms with Crippen LogP contribution in [0.3, 0.4) is 0 Å². The van der Waals surface area contributed by atoms with Gasteiger partial charge in [0.1, 0.15) is 0 Å². The van der Waals surface area contributed by atoms with Crippen LogP contribution in [0, 0.1) is 82.9 Å². The van der Waals surface area contributed by atoms with E-state index in [2.05, 4.69) is 111 Å². The molecular formula is C33H68. The van der Waals surface area contributed by atoms with Crippen LogP contribution in [0.2, 0.25) is 0 Å².